The van der Waals surface area contributed by atoms with Gasteiger partial charge in [-0.1, -0.05) is 13.8 Å². The van der Waals surface area contributed by atoms with Crippen molar-refractivity contribution in [2.75, 3.05) is 6.61 Å². The molecule has 2 rings (SSSR count). The minimum atomic E-state index is -0.401. The molecule has 0 aromatic carbocycles. The first-order valence-electron chi connectivity index (χ1n) is 6.67. The molecule has 5 nitrogen and oxygen atoms in total. The topological polar surface area (TPSA) is 58.6 Å². The number of carbonyl (C=O) groups excluding carboxylic acids is 2. The van der Waals surface area contributed by atoms with Crippen molar-refractivity contribution in [3.8, 4) is 0 Å². The number of nitrogens with zero attached hydrogens (tertiary/aromatic N) is 1. The zero-order chi connectivity index (χ0) is 13.4. The number of hydrogen-bond donors (Lipinski definition) is 1. The van der Waals surface area contributed by atoms with Crippen molar-refractivity contribution in [1.82, 2.24) is 10.2 Å². The number of nitrogens with one attached hydrogen (secondary N) is 1. The second kappa shape index (κ2) is 4.88. The summed E-state index contributed by atoms with van der Waals surface area (Å²) in [4.78, 5) is 26.2. The molecule has 0 spiro atoms. The van der Waals surface area contributed by atoms with E-state index >= 15 is 0 Å². The van der Waals surface area contributed by atoms with E-state index < -0.39 is 12.1 Å². The van der Waals surface area contributed by atoms with Gasteiger partial charge in [-0.25, -0.2) is 0 Å². The van der Waals surface area contributed by atoms with Crippen molar-refractivity contribution in [2.45, 2.75) is 58.3 Å². The van der Waals surface area contributed by atoms with Crippen molar-refractivity contribution in [1.29, 1.82) is 0 Å². The van der Waals surface area contributed by atoms with E-state index in [-0.39, 0.29) is 29.9 Å². The van der Waals surface area contributed by atoms with E-state index in [0.29, 0.717) is 6.61 Å². The zero-order valence-electron chi connectivity index (χ0n) is 11.5. The van der Waals surface area contributed by atoms with Gasteiger partial charge >= 0.3 is 0 Å². The normalized spacial score (nSPS) is 37.3. The van der Waals surface area contributed by atoms with E-state index in [4.69, 9.17) is 4.74 Å². The highest BCUT2D eigenvalue weighted by Gasteiger charge is 2.45. The van der Waals surface area contributed by atoms with Crippen LogP contribution < -0.4 is 5.32 Å². The highest BCUT2D eigenvalue weighted by molar-refractivity contribution is 5.97. The van der Waals surface area contributed by atoms with Crippen LogP contribution in [0.3, 0.4) is 0 Å². The Labute approximate surface area is 108 Å². The molecule has 2 amide bonds. The van der Waals surface area contributed by atoms with Crippen molar-refractivity contribution in [2.24, 2.45) is 5.92 Å². The lowest BCUT2D eigenvalue weighted by atomic mass is 9.95. The minimum Gasteiger partial charge on any atom is -0.376 e. The molecule has 2 aliphatic heterocycles. The Morgan fingerprint density at radius 3 is 2.50 bits per heavy atom. The molecule has 0 aromatic rings. The van der Waals surface area contributed by atoms with Gasteiger partial charge in [0.15, 0.2) is 0 Å². The van der Waals surface area contributed by atoms with Crippen LogP contribution in [0.25, 0.3) is 0 Å². The molecule has 2 aliphatic rings. The Morgan fingerprint density at radius 2 is 2.00 bits per heavy atom. The summed E-state index contributed by atoms with van der Waals surface area (Å²) in [6.07, 6.45) is 0.824. The van der Waals surface area contributed by atoms with Crippen LogP contribution in [0.5, 0.6) is 0 Å². The molecule has 2 saturated heterocycles. The monoisotopic (exact) mass is 254 g/mol. The van der Waals surface area contributed by atoms with Crippen LogP contribution >= 0.6 is 0 Å². The Hall–Kier alpha value is -1.10. The summed E-state index contributed by atoms with van der Waals surface area (Å²) >= 11 is 0. The lowest BCUT2D eigenvalue weighted by molar-refractivity contribution is -0.153. The average Bonchev–Trinajstić information content (AvgIpc) is 2.70. The van der Waals surface area contributed by atoms with Crippen LogP contribution in [0, 0.1) is 5.92 Å². The quantitative estimate of drug-likeness (QED) is 0.782. The first kappa shape index (κ1) is 13.3. The number of ether oxygens (including phenoxy) is 1. The van der Waals surface area contributed by atoms with Crippen LogP contribution in [0.2, 0.25) is 0 Å². The van der Waals surface area contributed by atoms with Gasteiger partial charge in [-0.05, 0) is 26.2 Å². The van der Waals surface area contributed by atoms with Gasteiger partial charge in [0.25, 0.3) is 0 Å². The summed E-state index contributed by atoms with van der Waals surface area (Å²) in [5, 5.41) is 2.81. The van der Waals surface area contributed by atoms with Gasteiger partial charge in [-0.2, -0.15) is 0 Å². The third-order valence-electron chi connectivity index (χ3n) is 3.98. The molecule has 4 unspecified atom stereocenters. The number of piperazine rings is 1. The molecule has 1 N–H and O–H groups in total. The van der Waals surface area contributed by atoms with Crippen molar-refractivity contribution < 1.29 is 14.3 Å². The van der Waals surface area contributed by atoms with Crippen LogP contribution in [0.1, 0.15) is 34.1 Å². The zero-order valence-corrected chi connectivity index (χ0v) is 11.5. The highest BCUT2D eigenvalue weighted by atomic mass is 16.5. The van der Waals surface area contributed by atoms with Gasteiger partial charge in [0.2, 0.25) is 11.8 Å². The van der Waals surface area contributed by atoms with E-state index in [9.17, 15) is 9.59 Å². The molecule has 0 aromatic heterocycles. The molecule has 2 fully saturated rings. The predicted octanol–water partition coefficient (Wildman–Crippen LogP) is 0.535. The number of hydrogen-bond acceptors (Lipinski definition) is 3. The number of rotatable bonds is 2. The van der Waals surface area contributed by atoms with Gasteiger partial charge in [0.05, 0.1) is 12.1 Å². The fraction of sp³-hybridized carbons (Fsp3) is 0.846. The first-order valence-corrected chi connectivity index (χ1v) is 6.67. The molecule has 18 heavy (non-hydrogen) atoms. The Bertz CT molecular complexity index is 356. The Kier molecular flexibility index (Phi) is 3.61. The van der Waals surface area contributed by atoms with Crippen molar-refractivity contribution in [3.63, 3.8) is 0 Å². The molecule has 0 radical (unpaired) electrons. The Morgan fingerprint density at radius 1 is 1.33 bits per heavy atom. The predicted molar refractivity (Wildman–Crippen MR) is 66.9 cm³/mol. The third-order valence-corrected chi connectivity index (χ3v) is 3.98. The second-order valence-corrected chi connectivity index (χ2v) is 5.58. The van der Waals surface area contributed by atoms with Crippen molar-refractivity contribution >= 4 is 11.8 Å². The fourth-order valence-electron chi connectivity index (χ4n) is 2.80. The van der Waals surface area contributed by atoms with E-state index in [1.54, 1.807) is 11.8 Å². The Balaban J connectivity index is 2.24. The smallest absolute Gasteiger partial charge is 0.246 e. The molecule has 5 heteroatoms. The number of amides is 2. The summed E-state index contributed by atoms with van der Waals surface area (Å²) in [6.45, 7) is 8.32. The van der Waals surface area contributed by atoms with Crippen molar-refractivity contribution in [3.05, 3.63) is 0 Å². The summed E-state index contributed by atoms with van der Waals surface area (Å²) < 4.78 is 5.52. The standard InChI is InChI=1S/C13H22N2O3/c1-7(2)11-13(17)15(8(3)12(16)14-11)10-5-6-18-9(10)4/h7-11H,5-6H2,1-4H3,(H,14,16). The molecule has 0 bridgehead atoms. The number of carbonyl (C=O) groups is 2. The lowest BCUT2D eigenvalue weighted by Gasteiger charge is -2.42. The largest absolute Gasteiger partial charge is 0.376 e. The molecule has 2 heterocycles. The maximum absolute atomic E-state index is 12.5. The minimum absolute atomic E-state index is 0.00936. The van der Waals surface area contributed by atoms with Crippen LogP contribution in [0.15, 0.2) is 0 Å². The van der Waals surface area contributed by atoms with Gasteiger partial charge in [0, 0.05) is 6.61 Å². The van der Waals surface area contributed by atoms with Crippen LogP contribution in [-0.2, 0) is 14.3 Å². The van der Waals surface area contributed by atoms with Gasteiger partial charge in [-0.15, -0.1) is 0 Å². The molecular weight excluding hydrogens is 232 g/mol. The summed E-state index contributed by atoms with van der Waals surface area (Å²) in [5.74, 6) is 0.0703. The fourth-order valence-corrected chi connectivity index (χ4v) is 2.80. The lowest BCUT2D eigenvalue weighted by Crippen LogP contribution is -2.66. The first-order chi connectivity index (χ1) is 8.43. The van der Waals surface area contributed by atoms with E-state index in [1.807, 2.05) is 20.8 Å². The second-order valence-electron chi connectivity index (χ2n) is 5.58. The molecule has 0 saturated carbocycles. The van der Waals surface area contributed by atoms with Gasteiger partial charge < -0.3 is 15.0 Å². The summed E-state index contributed by atoms with van der Waals surface area (Å²) in [6, 6.07) is -0.775. The molecular formula is C13H22N2O3. The SMILES string of the molecule is CC(C)C1NC(=O)C(C)N(C2CCOC2C)C1=O. The maximum Gasteiger partial charge on any atom is 0.246 e. The summed E-state index contributed by atoms with van der Waals surface area (Å²) in [7, 11) is 0. The van der Waals surface area contributed by atoms with Crippen LogP contribution in [0.4, 0.5) is 0 Å². The molecule has 0 aliphatic carbocycles. The summed E-state index contributed by atoms with van der Waals surface area (Å²) in [5.41, 5.74) is 0. The van der Waals surface area contributed by atoms with Gasteiger partial charge in [-0.3, -0.25) is 9.59 Å². The molecule has 102 valence electrons. The highest BCUT2D eigenvalue weighted by Crippen LogP contribution is 2.26. The average molecular weight is 254 g/mol. The maximum atomic E-state index is 12.5. The van der Waals surface area contributed by atoms with E-state index in [1.165, 1.54) is 0 Å². The van der Waals surface area contributed by atoms with E-state index in [0.717, 1.165) is 6.42 Å². The van der Waals surface area contributed by atoms with Gasteiger partial charge in [0.1, 0.15) is 12.1 Å². The van der Waals surface area contributed by atoms with E-state index in [2.05, 4.69) is 5.32 Å². The van der Waals surface area contributed by atoms with Crippen LogP contribution in [-0.4, -0.2) is 47.6 Å². The molecule has 4 atom stereocenters. The third kappa shape index (κ3) is 2.11.